The highest BCUT2D eigenvalue weighted by atomic mass is 79.9. The second-order valence-corrected chi connectivity index (χ2v) is 8.98. The van der Waals surface area contributed by atoms with Gasteiger partial charge in [0.25, 0.3) is 0 Å². The van der Waals surface area contributed by atoms with E-state index < -0.39 is 5.60 Å². The highest BCUT2D eigenvalue weighted by Gasteiger charge is 2.25. The maximum atomic E-state index is 12.1. The van der Waals surface area contributed by atoms with Crippen LogP contribution in [0, 0.1) is 0 Å². The van der Waals surface area contributed by atoms with Gasteiger partial charge in [0.15, 0.2) is 0 Å². The SMILES string of the molecule is CC(C)(C)OC(=O)N1CCN(CCNC(=O)CCCOc2cccc(Br)c2)CC1. The summed E-state index contributed by atoms with van der Waals surface area (Å²) in [5.41, 5.74) is -0.471. The number of carbonyl (C=O) groups is 2. The monoisotopic (exact) mass is 469 g/mol. The Hall–Kier alpha value is -1.80. The van der Waals surface area contributed by atoms with Crippen LogP contribution in [0.25, 0.3) is 0 Å². The zero-order chi connectivity index (χ0) is 21.3. The maximum Gasteiger partial charge on any atom is 0.410 e. The third-order valence-corrected chi connectivity index (χ3v) is 4.88. The number of amides is 2. The van der Waals surface area contributed by atoms with Crippen LogP contribution in [0.5, 0.6) is 5.75 Å². The minimum atomic E-state index is -0.471. The number of carbonyl (C=O) groups excluding carboxylic acids is 2. The molecule has 29 heavy (non-hydrogen) atoms. The van der Waals surface area contributed by atoms with E-state index in [4.69, 9.17) is 9.47 Å². The smallest absolute Gasteiger partial charge is 0.410 e. The van der Waals surface area contributed by atoms with Gasteiger partial charge in [-0.2, -0.15) is 0 Å². The van der Waals surface area contributed by atoms with Crippen LogP contribution in [0.1, 0.15) is 33.6 Å². The summed E-state index contributed by atoms with van der Waals surface area (Å²) in [7, 11) is 0. The fourth-order valence-electron chi connectivity index (χ4n) is 2.90. The molecule has 0 atom stereocenters. The largest absolute Gasteiger partial charge is 0.494 e. The first kappa shape index (κ1) is 23.5. The molecular weight excluding hydrogens is 438 g/mol. The third kappa shape index (κ3) is 9.49. The van der Waals surface area contributed by atoms with E-state index in [-0.39, 0.29) is 12.0 Å². The van der Waals surface area contributed by atoms with E-state index in [9.17, 15) is 9.59 Å². The second kappa shape index (κ2) is 11.4. The minimum Gasteiger partial charge on any atom is -0.494 e. The normalized spacial score (nSPS) is 15.1. The lowest BCUT2D eigenvalue weighted by molar-refractivity contribution is -0.121. The first-order valence-corrected chi connectivity index (χ1v) is 10.9. The molecule has 0 radical (unpaired) electrons. The van der Waals surface area contributed by atoms with Gasteiger partial charge in [-0.05, 0) is 45.4 Å². The first-order chi connectivity index (χ1) is 13.7. The van der Waals surface area contributed by atoms with E-state index in [1.807, 2.05) is 45.0 Å². The predicted molar refractivity (Wildman–Crippen MR) is 116 cm³/mol. The molecule has 1 saturated heterocycles. The van der Waals surface area contributed by atoms with Crippen LogP contribution < -0.4 is 10.1 Å². The highest BCUT2D eigenvalue weighted by Crippen LogP contribution is 2.18. The van der Waals surface area contributed by atoms with Crippen LogP contribution in [0.15, 0.2) is 28.7 Å². The second-order valence-electron chi connectivity index (χ2n) is 8.07. The average Bonchev–Trinajstić information content (AvgIpc) is 2.64. The van der Waals surface area contributed by atoms with Crippen molar-refractivity contribution in [3.63, 3.8) is 0 Å². The molecule has 0 unspecified atom stereocenters. The van der Waals surface area contributed by atoms with E-state index in [0.717, 1.165) is 29.9 Å². The summed E-state index contributed by atoms with van der Waals surface area (Å²) in [6, 6.07) is 7.66. The van der Waals surface area contributed by atoms with Crippen LogP contribution in [0.2, 0.25) is 0 Å². The number of halogens is 1. The molecular formula is C21H32BrN3O4. The molecule has 0 aromatic heterocycles. The first-order valence-electron chi connectivity index (χ1n) is 10.1. The Balaban J connectivity index is 1.53. The molecule has 1 aliphatic heterocycles. The topological polar surface area (TPSA) is 71.1 Å². The molecule has 1 fully saturated rings. The Morgan fingerprint density at radius 2 is 1.90 bits per heavy atom. The molecule has 8 heteroatoms. The summed E-state index contributed by atoms with van der Waals surface area (Å²) in [6.07, 6.45) is 0.864. The Bertz CT molecular complexity index is 670. The van der Waals surface area contributed by atoms with Gasteiger partial charge in [-0.25, -0.2) is 4.79 Å². The van der Waals surface area contributed by atoms with Crippen molar-refractivity contribution in [2.24, 2.45) is 0 Å². The highest BCUT2D eigenvalue weighted by molar-refractivity contribution is 9.10. The number of hydrogen-bond donors (Lipinski definition) is 1. The molecule has 1 aromatic carbocycles. The van der Waals surface area contributed by atoms with E-state index in [0.29, 0.717) is 39.1 Å². The maximum absolute atomic E-state index is 12.1. The molecule has 7 nitrogen and oxygen atoms in total. The number of hydrogen-bond acceptors (Lipinski definition) is 5. The van der Waals surface area contributed by atoms with Gasteiger partial charge in [-0.1, -0.05) is 22.0 Å². The molecule has 162 valence electrons. The molecule has 0 spiro atoms. The molecule has 1 heterocycles. The van der Waals surface area contributed by atoms with Crippen LogP contribution in [-0.2, 0) is 9.53 Å². The van der Waals surface area contributed by atoms with Crippen LogP contribution >= 0.6 is 15.9 Å². The zero-order valence-corrected chi connectivity index (χ0v) is 19.2. The summed E-state index contributed by atoms with van der Waals surface area (Å²) in [4.78, 5) is 28.0. The van der Waals surface area contributed by atoms with Crippen molar-refractivity contribution in [1.29, 1.82) is 0 Å². The molecule has 2 amide bonds. The Labute approximate surface area is 181 Å². The van der Waals surface area contributed by atoms with Gasteiger partial charge >= 0.3 is 6.09 Å². The number of ether oxygens (including phenoxy) is 2. The van der Waals surface area contributed by atoms with Crippen molar-refractivity contribution in [3.05, 3.63) is 28.7 Å². The standard InChI is InChI=1S/C21H32BrN3O4/c1-21(2,3)29-20(27)25-13-11-24(12-14-25)10-9-23-19(26)8-5-15-28-18-7-4-6-17(22)16-18/h4,6-7,16H,5,8-15H2,1-3H3,(H,23,26). The summed E-state index contributed by atoms with van der Waals surface area (Å²) in [6.45, 7) is 10.4. The molecule has 1 N–H and O–H groups in total. The number of nitrogens with zero attached hydrogens (tertiary/aromatic N) is 2. The zero-order valence-electron chi connectivity index (χ0n) is 17.6. The minimum absolute atomic E-state index is 0.0373. The molecule has 2 rings (SSSR count). The van der Waals surface area contributed by atoms with Gasteiger partial charge in [0.05, 0.1) is 6.61 Å². The third-order valence-electron chi connectivity index (χ3n) is 4.39. The van der Waals surface area contributed by atoms with Gasteiger partial charge in [0.1, 0.15) is 11.4 Å². The van der Waals surface area contributed by atoms with Crippen LogP contribution in [0.4, 0.5) is 4.79 Å². The Morgan fingerprint density at radius 1 is 1.17 bits per heavy atom. The fraction of sp³-hybridized carbons (Fsp3) is 0.619. The molecule has 1 aromatic rings. The molecule has 0 saturated carbocycles. The lowest BCUT2D eigenvalue weighted by Gasteiger charge is -2.35. The summed E-state index contributed by atoms with van der Waals surface area (Å²) < 4.78 is 12.0. The van der Waals surface area contributed by atoms with E-state index >= 15 is 0 Å². The van der Waals surface area contributed by atoms with E-state index in [1.165, 1.54) is 0 Å². The van der Waals surface area contributed by atoms with Gasteiger partial charge in [0.2, 0.25) is 5.91 Å². The van der Waals surface area contributed by atoms with Crippen LogP contribution in [0.3, 0.4) is 0 Å². The summed E-state index contributed by atoms with van der Waals surface area (Å²) >= 11 is 3.40. The van der Waals surface area contributed by atoms with E-state index in [2.05, 4.69) is 26.1 Å². The fourth-order valence-corrected chi connectivity index (χ4v) is 3.28. The van der Waals surface area contributed by atoms with Crippen LogP contribution in [-0.4, -0.2) is 73.3 Å². The van der Waals surface area contributed by atoms with Gasteiger partial charge in [0, 0.05) is 50.2 Å². The van der Waals surface area contributed by atoms with Crippen molar-refractivity contribution in [2.45, 2.75) is 39.2 Å². The van der Waals surface area contributed by atoms with Crippen molar-refractivity contribution < 1.29 is 19.1 Å². The number of nitrogens with one attached hydrogen (secondary N) is 1. The molecule has 1 aliphatic rings. The van der Waals surface area contributed by atoms with Crippen molar-refractivity contribution in [3.8, 4) is 5.75 Å². The van der Waals surface area contributed by atoms with Crippen molar-refractivity contribution in [2.75, 3.05) is 45.9 Å². The quantitative estimate of drug-likeness (QED) is 0.591. The van der Waals surface area contributed by atoms with Gasteiger partial charge in [-0.3, -0.25) is 9.69 Å². The molecule has 0 aliphatic carbocycles. The van der Waals surface area contributed by atoms with Crippen molar-refractivity contribution in [1.82, 2.24) is 15.1 Å². The number of benzene rings is 1. The van der Waals surface area contributed by atoms with Gasteiger partial charge < -0.3 is 19.7 Å². The van der Waals surface area contributed by atoms with E-state index in [1.54, 1.807) is 4.90 Å². The molecule has 0 bridgehead atoms. The lowest BCUT2D eigenvalue weighted by atomic mass is 10.2. The summed E-state index contributed by atoms with van der Waals surface area (Å²) in [5, 5.41) is 2.95. The van der Waals surface area contributed by atoms with Gasteiger partial charge in [-0.15, -0.1) is 0 Å². The number of piperazine rings is 1. The number of rotatable bonds is 8. The van der Waals surface area contributed by atoms with Crippen molar-refractivity contribution >= 4 is 27.9 Å². The predicted octanol–water partition coefficient (Wildman–Crippen LogP) is 3.28. The lowest BCUT2D eigenvalue weighted by Crippen LogP contribution is -2.51. The summed E-state index contributed by atoms with van der Waals surface area (Å²) in [5.74, 6) is 0.834. The Morgan fingerprint density at radius 3 is 2.55 bits per heavy atom. The Kier molecular flexibility index (Phi) is 9.23. The average molecular weight is 470 g/mol.